The van der Waals surface area contributed by atoms with Crippen LogP contribution in [0.4, 0.5) is 5.69 Å². The summed E-state index contributed by atoms with van der Waals surface area (Å²) in [6.45, 7) is 0.144. The third kappa shape index (κ3) is 9.13. The van der Waals surface area contributed by atoms with Crippen molar-refractivity contribution in [1.29, 1.82) is 0 Å². The molecular weight excluding hydrogens is 621 g/mol. The highest BCUT2D eigenvalue weighted by atomic mass is 35.5. The van der Waals surface area contributed by atoms with E-state index >= 15 is 0 Å². The highest BCUT2D eigenvalue weighted by Crippen LogP contribution is 2.30. The Kier molecular flexibility index (Phi) is 11.9. The molecule has 4 rings (SSSR count). The number of rotatable bonds is 14. The second-order valence-electron chi connectivity index (χ2n) is 11.1. The number of para-hydroxylation sites is 2. The fourth-order valence-electron chi connectivity index (χ4n) is 5.57. The molecule has 1 aliphatic rings. The summed E-state index contributed by atoms with van der Waals surface area (Å²) in [5.74, 6) is -0.0901. The molecule has 1 fully saturated rings. The number of hydrogen-bond donors (Lipinski definition) is 1. The Morgan fingerprint density at radius 1 is 1.00 bits per heavy atom. The molecule has 8 nitrogen and oxygen atoms in total. The van der Waals surface area contributed by atoms with Crippen LogP contribution >= 0.6 is 23.2 Å². The van der Waals surface area contributed by atoms with Crippen LogP contribution < -0.4 is 14.4 Å². The average molecular weight is 661 g/mol. The predicted molar refractivity (Wildman–Crippen MR) is 176 cm³/mol. The standard InChI is InChI=1S/C33H39Cl2N3O5S/c1-43-31-16-9-8-15-29(31)38(44(2,41)42)20-10-17-32(39)37(23-25-18-19-26(34)22-28(25)35)30(21-24-11-4-3-5-12-24)33(40)36-27-13-6-7-14-27/h3-5,8-9,11-12,15-16,18-19,22,27,30H,6-7,10,13-14,17,20-21,23H2,1-2H3,(H,36,40)/t30-/m0/s1. The molecule has 2 amide bonds. The maximum absolute atomic E-state index is 14.1. The second-order valence-corrected chi connectivity index (χ2v) is 13.8. The number of sulfonamides is 1. The van der Waals surface area contributed by atoms with Gasteiger partial charge in [-0.2, -0.15) is 0 Å². The molecule has 1 saturated carbocycles. The molecule has 3 aromatic rings. The van der Waals surface area contributed by atoms with E-state index in [9.17, 15) is 18.0 Å². The van der Waals surface area contributed by atoms with Gasteiger partial charge in [-0.15, -0.1) is 0 Å². The van der Waals surface area contributed by atoms with Crippen LogP contribution in [0.25, 0.3) is 0 Å². The topological polar surface area (TPSA) is 96.0 Å². The predicted octanol–water partition coefficient (Wildman–Crippen LogP) is 6.25. The number of amides is 2. The van der Waals surface area contributed by atoms with Crippen molar-refractivity contribution in [3.8, 4) is 5.75 Å². The summed E-state index contributed by atoms with van der Waals surface area (Å²) >= 11 is 12.7. The molecule has 44 heavy (non-hydrogen) atoms. The van der Waals surface area contributed by atoms with E-state index in [2.05, 4.69) is 5.32 Å². The summed E-state index contributed by atoms with van der Waals surface area (Å²) in [6, 6.07) is 20.8. The number of nitrogens with one attached hydrogen (secondary N) is 1. The fourth-order valence-corrected chi connectivity index (χ4v) is 7.01. The Morgan fingerprint density at radius 2 is 1.68 bits per heavy atom. The molecule has 3 aromatic carbocycles. The zero-order chi connectivity index (χ0) is 31.7. The van der Waals surface area contributed by atoms with Crippen molar-refractivity contribution in [2.45, 2.75) is 63.6 Å². The lowest BCUT2D eigenvalue weighted by molar-refractivity contribution is -0.141. The van der Waals surface area contributed by atoms with E-state index in [0.29, 0.717) is 33.5 Å². The molecule has 0 heterocycles. The number of methoxy groups -OCH3 is 1. The van der Waals surface area contributed by atoms with Gasteiger partial charge < -0.3 is 15.0 Å². The van der Waals surface area contributed by atoms with Crippen LogP contribution in [0.3, 0.4) is 0 Å². The van der Waals surface area contributed by atoms with Crippen molar-refractivity contribution in [1.82, 2.24) is 10.2 Å². The van der Waals surface area contributed by atoms with Gasteiger partial charge in [0.25, 0.3) is 0 Å². The molecule has 0 aliphatic heterocycles. The summed E-state index contributed by atoms with van der Waals surface area (Å²) in [5, 5.41) is 4.04. The van der Waals surface area contributed by atoms with Crippen LogP contribution in [0.15, 0.2) is 72.8 Å². The number of anilines is 1. The first-order valence-electron chi connectivity index (χ1n) is 14.7. The first-order chi connectivity index (χ1) is 21.1. The quantitative estimate of drug-likeness (QED) is 0.221. The van der Waals surface area contributed by atoms with Crippen molar-refractivity contribution < 1.29 is 22.7 Å². The summed E-state index contributed by atoms with van der Waals surface area (Å²) in [4.78, 5) is 29.5. The lowest BCUT2D eigenvalue weighted by Gasteiger charge is -2.33. The van der Waals surface area contributed by atoms with E-state index in [-0.39, 0.29) is 43.8 Å². The maximum Gasteiger partial charge on any atom is 0.243 e. The number of nitrogens with zero attached hydrogens (tertiary/aromatic N) is 2. The van der Waals surface area contributed by atoms with Gasteiger partial charge >= 0.3 is 0 Å². The number of carbonyl (C=O) groups excluding carboxylic acids is 2. The van der Waals surface area contributed by atoms with Crippen LogP contribution in [0, 0.1) is 0 Å². The Hall–Kier alpha value is -3.27. The Bertz CT molecular complexity index is 1530. The molecule has 0 radical (unpaired) electrons. The largest absolute Gasteiger partial charge is 0.495 e. The van der Waals surface area contributed by atoms with Gasteiger partial charge in [0, 0.05) is 42.0 Å². The molecule has 1 N–H and O–H groups in total. The monoisotopic (exact) mass is 659 g/mol. The Morgan fingerprint density at radius 3 is 2.34 bits per heavy atom. The van der Waals surface area contributed by atoms with E-state index in [4.69, 9.17) is 27.9 Å². The minimum Gasteiger partial charge on any atom is -0.495 e. The fraction of sp³-hybridized carbons (Fsp3) is 0.394. The van der Waals surface area contributed by atoms with Gasteiger partial charge in [-0.25, -0.2) is 8.42 Å². The highest BCUT2D eigenvalue weighted by Gasteiger charge is 2.32. The molecular formula is C33H39Cl2N3O5S. The summed E-state index contributed by atoms with van der Waals surface area (Å²) in [6.07, 6.45) is 5.59. The SMILES string of the molecule is COc1ccccc1N(CCCC(=O)N(Cc1ccc(Cl)cc1Cl)[C@@H](Cc1ccccc1)C(=O)NC1CCCC1)S(C)(=O)=O. The van der Waals surface area contributed by atoms with Crippen LogP contribution in [0.5, 0.6) is 5.75 Å². The smallest absolute Gasteiger partial charge is 0.243 e. The summed E-state index contributed by atoms with van der Waals surface area (Å²) in [7, 11) is -2.20. The number of benzene rings is 3. The van der Waals surface area contributed by atoms with E-state index in [1.54, 1.807) is 47.4 Å². The van der Waals surface area contributed by atoms with Crippen molar-refractivity contribution in [3.63, 3.8) is 0 Å². The molecule has 0 bridgehead atoms. The zero-order valence-electron chi connectivity index (χ0n) is 25.0. The van der Waals surface area contributed by atoms with Crippen molar-refractivity contribution in [3.05, 3.63) is 94.0 Å². The van der Waals surface area contributed by atoms with E-state index in [1.807, 2.05) is 30.3 Å². The van der Waals surface area contributed by atoms with E-state index in [0.717, 1.165) is 37.5 Å². The lowest BCUT2D eigenvalue weighted by atomic mass is 10.0. The molecule has 11 heteroatoms. The van der Waals surface area contributed by atoms with Gasteiger partial charge in [-0.1, -0.05) is 84.6 Å². The van der Waals surface area contributed by atoms with Crippen LogP contribution in [0.1, 0.15) is 49.7 Å². The molecule has 236 valence electrons. The van der Waals surface area contributed by atoms with E-state index in [1.165, 1.54) is 11.4 Å². The van der Waals surface area contributed by atoms with Gasteiger partial charge in [-0.3, -0.25) is 13.9 Å². The molecule has 1 atom stereocenters. The molecule has 0 unspecified atom stereocenters. The third-order valence-corrected chi connectivity index (χ3v) is 9.60. The minimum atomic E-state index is -3.68. The highest BCUT2D eigenvalue weighted by molar-refractivity contribution is 7.92. The Balaban J connectivity index is 1.62. The van der Waals surface area contributed by atoms with Crippen molar-refractivity contribution in [2.24, 2.45) is 0 Å². The first kappa shape index (κ1) is 33.6. The van der Waals surface area contributed by atoms with Gasteiger partial charge in [-0.05, 0) is 54.7 Å². The first-order valence-corrected chi connectivity index (χ1v) is 17.4. The average Bonchev–Trinajstić information content (AvgIpc) is 3.51. The molecule has 1 aliphatic carbocycles. The zero-order valence-corrected chi connectivity index (χ0v) is 27.4. The lowest BCUT2D eigenvalue weighted by Crippen LogP contribution is -2.52. The number of hydrogen-bond acceptors (Lipinski definition) is 5. The molecule has 0 aromatic heterocycles. The van der Waals surface area contributed by atoms with Gasteiger partial charge in [0.1, 0.15) is 11.8 Å². The minimum absolute atomic E-state index is 0.00831. The molecule has 0 spiro atoms. The summed E-state index contributed by atoms with van der Waals surface area (Å²) < 4.78 is 32.2. The third-order valence-electron chi connectivity index (χ3n) is 7.83. The van der Waals surface area contributed by atoms with Gasteiger partial charge in [0.2, 0.25) is 21.8 Å². The number of carbonyl (C=O) groups is 2. The van der Waals surface area contributed by atoms with Crippen LogP contribution in [-0.4, -0.2) is 57.1 Å². The van der Waals surface area contributed by atoms with Crippen LogP contribution in [0.2, 0.25) is 10.0 Å². The van der Waals surface area contributed by atoms with Gasteiger partial charge in [0.05, 0.1) is 19.1 Å². The normalized spacial score (nSPS) is 14.2. The van der Waals surface area contributed by atoms with E-state index < -0.39 is 16.1 Å². The van der Waals surface area contributed by atoms with Crippen LogP contribution in [-0.2, 0) is 32.6 Å². The Labute approximate surface area is 270 Å². The van der Waals surface area contributed by atoms with Crippen molar-refractivity contribution in [2.75, 3.05) is 24.2 Å². The maximum atomic E-state index is 14.1. The van der Waals surface area contributed by atoms with Gasteiger partial charge in [0.15, 0.2) is 0 Å². The van der Waals surface area contributed by atoms with Crippen molar-refractivity contribution >= 4 is 50.7 Å². The number of halogens is 2. The number of ether oxygens (including phenoxy) is 1. The summed E-state index contributed by atoms with van der Waals surface area (Å²) in [5.41, 5.74) is 1.97. The second kappa shape index (κ2) is 15.6. The molecule has 0 saturated heterocycles.